The average Bonchev–Trinajstić information content (AvgIpc) is 2.53. The van der Waals surface area contributed by atoms with E-state index in [1.54, 1.807) is 10.8 Å². The minimum atomic E-state index is -1.03. The molecule has 0 aliphatic heterocycles. The highest BCUT2D eigenvalue weighted by Crippen LogP contribution is 2.08. The number of aryl methyl sites for hydroxylation is 1. The van der Waals surface area contributed by atoms with Crippen molar-refractivity contribution in [1.29, 1.82) is 0 Å². The Kier molecular flexibility index (Phi) is 4.43. The van der Waals surface area contributed by atoms with Gasteiger partial charge in [-0.25, -0.2) is 4.98 Å². The molecule has 1 heterocycles. The quantitative estimate of drug-likeness (QED) is 0.435. The molecule has 0 aliphatic rings. The van der Waals surface area contributed by atoms with Crippen LogP contribution in [0.5, 0.6) is 0 Å². The standard InChI is InChI=1S/C11H20N2O2Si/c1-10-12-7-11(8-14)13(10)9-15-5-6-16(2,3)4/h7-8H,5-6,9H2,1-4H3. The van der Waals surface area contributed by atoms with E-state index in [9.17, 15) is 4.79 Å². The van der Waals surface area contributed by atoms with Gasteiger partial charge in [0.1, 0.15) is 18.2 Å². The van der Waals surface area contributed by atoms with Crippen LogP contribution < -0.4 is 0 Å². The van der Waals surface area contributed by atoms with Gasteiger partial charge in [0.15, 0.2) is 6.29 Å². The third-order valence-corrected chi connectivity index (χ3v) is 4.13. The summed E-state index contributed by atoms with van der Waals surface area (Å²) in [5.41, 5.74) is 0.575. The van der Waals surface area contributed by atoms with Gasteiger partial charge >= 0.3 is 0 Å². The predicted molar refractivity (Wildman–Crippen MR) is 66.5 cm³/mol. The van der Waals surface area contributed by atoms with Crippen molar-refractivity contribution < 1.29 is 9.53 Å². The van der Waals surface area contributed by atoms with Crippen LogP contribution in [0.3, 0.4) is 0 Å². The van der Waals surface area contributed by atoms with Crippen molar-refractivity contribution in [3.63, 3.8) is 0 Å². The third kappa shape index (κ3) is 3.90. The number of ether oxygens (including phenoxy) is 1. The maximum Gasteiger partial charge on any atom is 0.168 e. The second-order valence-electron chi connectivity index (χ2n) is 5.12. The molecule has 16 heavy (non-hydrogen) atoms. The summed E-state index contributed by atoms with van der Waals surface area (Å²) in [7, 11) is -1.03. The van der Waals surface area contributed by atoms with E-state index in [-0.39, 0.29) is 0 Å². The zero-order valence-electron chi connectivity index (χ0n) is 10.5. The fraction of sp³-hybridized carbons (Fsp3) is 0.636. The first-order chi connectivity index (χ1) is 7.44. The molecule has 1 aromatic heterocycles. The number of carbonyl (C=O) groups is 1. The van der Waals surface area contributed by atoms with E-state index in [0.717, 1.165) is 24.8 Å². The van der Waals surface area contributed by atoms with Crippen LogP contribution in [-0.2, 0) is 11.5 Å². The molecule has 0 radical (unpaired) electrons. The number of hydrogen-bond acceptors (Lipinski definition) is 3. The Bertz CT molecular complexity index is 355. The first kappa shape index (κ1) is 13.1. The van der Waals surface area contributed by atoms with Crippen LogP contribution in [0.1, 0.15) is 16.3 Å². The van der Waals surface area contributed by atoms with Gasteiger partial charge in [0.2, 0.25) is 0 Å². The molecule has 1 aromatic rings. The molecular formula is C11H20N2O2Si. The predicted octanol–water partition coefficient (Wildman–Crippen LogP) is 2.32. The van der Waals surface area contributed by atoms with Crippen LogP contribution in [0.2, 0.25) is 25.7 Å². The number of rotatable bonds is 6. The lowest BCUT2D eigenvalue weighted by Gasteiger charge is -2.16. The summed E-state index contributed by atoms with van der Waals surface area (Å²) in [5.74, 6) is 0.815. The van der Waals surface area contributed by atoms with Crippen molar-refractivity contribution in [2.24, 2.45) is 0 Å². The van der Waals surface area contributed by atoms with Crippen molar-refractivity contribution in [3.05, 3.63) is 17.7 Å². The molecule has 0 saturated carbocycles. The van der Waals surface area contributed by atoms with Crippen LogP contribution in [-0.4, -0.2) is 30.5 Å². The summed E-state index contributed by atoms with van der Waals surface area (Å²) in [4.78, 5) is 14.8. The topological polar surface area (TPSA) is 44.1 Å². The highest BCUT2D eigenvalue weighted by atomic mass is 28.3. The van der Waals surface area contributed by atoms with Crippen LogP contribution >= 0.6 is 0 Å². The minimum Gasteiger partial charge on any atom is -0.361 e. The van der Waals surface area contributed by atoms with E-state index in [0.29, 0.717) is 12.4 Å². The molecule has 0 bridgehead atoms. The van der Waals surface area contributed by atoms with Gasteiger partial charge in [-0.2, -0.15) is 0 Å². The summed E-state index contributed by atoms with van der Waals surface area (Å²) in [6.07, 6.45) is 2.38. The molecule has 5 heteroatoms. The number of aldehydes is 1. The third-order valence-electron chi connectivity index (χ3n) is 2.42. The van der Waals surface area contributed by atoms with Crippen LogP contribution in [0, 0.1) is 6.92 Å². The Hall–Kier alpha value is -0.943. The van der Waals surface area contributed by atoms with E-state index in [4.69, 9.17) is 4.74 Å². The van der Waals surface area contributed by atoms with Crippen LogP contribution in [0.4, 0.5) is 0 Å². The molecule has 0 unspecified atom stereocenters. The number of nitrogens with zero attached hydrogens (tertiary/aromatic N) is 2. The molecule has 0 atom stereocenters. The SMILES string of the molecule is Cc1ncc(C=O)n1COCC[Si](C)(C)C. The zero-order valence-corrected chi connectivity index (χ0v) is 11.5. The molecule has 0 fully saturated rings. The van der Waals surface area contributed by atoms with Gasteiger partial charge in [-0.05, 0) is 13.0 Å². The van der Waals surface area contributed by atoms with Crippen molar-refractivity contribution >= 4 is 14.4 Å². The molecule has 0 saturated heterocycles. The normalized spacial score (nSPS) is 11.8. The Morgan fingerprint density at radius 2 is 2.19 bits per heavy atom. The average molecular weight is 240 g/mol. The lowest BCUT2D eigenvalue weighted by atomic mass is 10.5. The second kappa shape index (κ2) is 5.40. The molecule has 0 amide bonds. The van der Waals surface area contributed by atoms with E-state index < -0.39 is 8.07 Å². The Labute approximate surface area is 97.6 Å². The molecule has 0 aliphatic carbocycles. The van der Waals surface area contributed by atoms with Crippen LogP contribution in [0.25, 0.3) is 0 Å². The Morgan fingerprint density at radius 3 is 2.75 bits per heavy atom. The van der Waals surface area contributed by atoms with E-state index >= 15 is 0 Å². The summed E-state index contributed by atoms with van der Waals surface area (Å²) >= 11 is 0. The Balaban J connectivity index is 2.43. The van der Waals surface area contributed by atoms with E-state index in [1.807, 2.05) is 6.92 Å². The van der Waals surface area contributed by atoms with Gasteiger partial charge in [-0.1, -0.05) is 19.6 Å². The maximum atomic E-state index is 10.7. The highest BCUT2D eigenvalue weighted by molar-refractivity contribution is 6.76. The van der Waals surface area contributed by atoms with Crippen molar-refractivity contribution in [2.45, 2.75) is 39.3 Å². The smallest absolute Gasteiger partial charge is 0.168 e. The summed E-state index contributed by atoms with van der Waals surface area (Å²) in [6.45, 7) is 9.99. The van der Waals surface area contributed by atoms with Crippen molar-refractivity contribution in [3.8, 4) is 0 Å². The first-order valence-corrected chi connectivity index (χ1v) is 9.20. The molecule has 0 spiro atoms. The molecule has 90 valence electrons. The van der Waals surface area contributed by atoms with Gasteiger partial charge in [-0.3, -0.25) is 4.79 Å². The van der Waals surface area contributed by atoms with Crippen LogP contribution in [0.15, 0.2) is 6.20 Å². The largest absolute Gasteiger partial charge is 0.361 e. The summed E-state index contributed by atoms with van der Waals surface area (Å²) < 4.78 is 7.37. The fourth-order valence-corrected chi connectivity index (χ4v) is 2.04. The van der Waals surface area contributed by atoms with Gasteiger partial charge in [0, 0.05) is 14.7 Å². The maximum absolute atomic E-state index is 10.7. The Morgan fingerprint density at radius 1 is 1.50 bits per heavy atom. The number of aromatic nitrogens is 2. The van der Waals surface area contributed by atoms with Crippen molar-refractivity contribution in [1.82, 2.24) is 9.55 Å². The lowest BCUT2D eigenvalue weighted by molar-refractivity contribution is 0.0822. The van der Waals surface area contributed by atoms with Gasteiger partial charge in [-0.15, -0.1) is 0 Å². The minimum absolute atomic E-state index is 0.421. The molecule has 1 rings (SSSR count). The number of carbonyl (C=O) groups excluding carboxylic acids is 1. The summed E-state index contributed by atoms with van der Waals surface area (Å²) in [5, 5.41) is 0. The number of imidazole rings is 1. The van der Waals surface area contributed by atoms with Gasteiger partial charge < -0.3 is 9.30 Å². The second-order valence-corrected chi connectivity index (χ2v) is 10.7. The van der Waals surface area contributed by atoms with Crippen molar-refractivity contribution in [2.75, 3.05) is 6.61 Å². The summed E-state index contributed by atoms with van der Waals surface area (Å²) in [6, 6.07) is 1.14. The molecule has 0 N–H and O–H groups in total. The lowest BCUT2D eigenvalue weighted by Crippen LogP contribution is -2.22. The molecular weight excluding hydrogens is 220 g/mol. The highest BCUT2D eigenvalue weighted by Gasteiger charge is 2.12. The monoisotopic (exact) mass is 240 g/mol. The van der Waals surface area contributed by atoms with E-state index in [1.165, 1.54) is 0 Å². The van der Waals surface area contributed by atoms with Gasteiger partial charge in [0.25, 0.3) is 0 Å². The van der Waals surface area contributed by atoms with E-state index in [2.05, 4.69) is 24.6 Å². The van der Waals surface area contributed by atoms with Gasteiger partial charge in [0.05, 0.1) is 6.20 Å². The molecule has 4 nitrogen and oxygen atoms in total. The fourth-order valence-electron chi connectivity index (χ4n) is 1.28. The number of hydrogen-bond donors (Lipinski definition) is 0. The first-order valence-electron chi connectivity index (χ1n) is 5.49. The molecule has 0 aromatic carbocycles. The zero-order chi connectivity index (χ0) is 12.2.